The topological polar surface area (TPSA) is 35.5 Å². The van der Waals surface area contributed by atoms with E-state index in [1.54, 1.807) is 6.92 Å². The molecule has 0 amide bonds. The predicted molar refractivity (Wildman–Crippen MR) is 57.9 cm³/mol. The number of ether oxygens (including phenoxy) is 2. The van der Waals surface area contributed by atoms with Gasteiger partial charge >= 0.3 is 5.97 Å². The average molecular weight is 210 g/mol. The predicted octanol–water partition coefficient (Wildman–Crippen LogP) is 2.78. The van der Waals surface area contributed by atoms with Crippen molar-refractivity contribution in [2.75, 3.05) is 0 Å². The van der Waals surface area contributed by atoms with Crippen LogP contribution in [0.2, 0.25) is 0 Å². The minimum Gasteiger partial charge on any atom is -0.466 e. The summed E-state index contributed by atoms with van der Waals surface area (Å²) in [4.78, 5) is 11.8. The van der Waals surface area contributed by atoms with Crippen molar-refractivity contribution in [2.45, 2.75) is 40.2 Å². The van der Waals surface area contributed by atoms with Gasteiger partial charge in [-0.1, -0.05) is 13.5 Å². The second-order valence-electron chi connectivity index (χ2n) is 4.76. The Hall–Kier alpha value is -1.25. The molecular formula is C12H18O3. The molecule has 0 bridgehead atoms. The van der Waals surface area contributed by atoms with E-state index in [9.17, 15) is 4.79 Å². The zero-order valence-corrected chi connectivity index (χ0v) is 10.0. The Balaban J connectivity index is 2.85. The van der Waals surface area contributed by atoms with Gasteiger partial charge in [-0.05, 0) is 27.7 Å². The molecule has 1 rings (SSSR count). The van der Waals surface area contributed by atoms with Crippen LogP contribution in [-0.2, 0) is 14.3 Å². The van der Waals surface area contributed by atoms with Crippen molar-refractivity contribution in [3.8, 4) is 0 Å². The Kier molecular flexibility index (Phi) is 2.93. The van der Waals surface area contributed by atoms with Crippen LogP contribution in [0.15, 0.2) is 23.7 Å². The normalized spacial score (nSPS) is 21.7. The summed E-state index contributed by atoms with van der Waals surface area (Å²) in [6, 6.07) is 0. The Labute approximate surface area is 90.8 Å². The van der Waals surface area contributed by atoms with Crippen LogP contribution in [0.1, 0.15) is 34.6 Å². The van der Waals surface area contributed by atoms with Gasteiger partial charge in [0.05, 0.1) is 5.57 Å². The monoisotopic (exact) mass is 210 g/mol. The summed E-state index contributed by atoms with van der Waals surface area (Å²) in [7, 11) is 0. The van der Waals surface area contributed by atoms with Crippen LogP contribution in [0.25, 0.3) is 0 Å². The highest BCUT2D eigenvalue weighted by Gasteiger charge is 2.33. The van der Waals surface area contributed by atoms with Gasteiger partial charge in [-0.15, -0.1) is 0 Å². The van der Waals surface area contributed by atoms with Gasteiger partial charge in [-0.25, -0.2) is 4.79 Å². The molecule has 0 fully saturated rings. The van der Waals surface area contributed by atoms with Gasteiger partial charge in [0.2, 0.25) is 0 Å². The number of esters is 1. The van der Waals surface area contributed by atoms with Crippen molar-refractivity contribution in [1.29, 1.82) is 0 Å². The maximum Gasteiger partial charge on any atom is 0.338 e. The van der Waals surface area contributed by atoms with Crippen LogP contribution in [0.4, 0.5) is 0 Å². The van der Waals surface area contributed by atoms with Crippen LogP contribution in [0.5, 0.6) is 0 Å². The molecule has 84 valence electrons. The molecular weight excluding hydrogens is 192 g/mol. The maximum absolute atomic E-state index is 11.8. The molecule has 1 aliphatic rings. The molecule has 0 saturated carbocycles. The van der Waals surface area contributed by atoms with Gasteiger partial charge in [-0.3, -0.25) is 0 Å². The van der Waals surface area contributed by atoms with Crippen molar-refractivity contribution in [2.24, 2.45) is 5.92 Å². The highest BCUT2D eigenvalue weighted by Crippen LogP contribution is 2.33. The molecule has 15 heavy (non-hydrogen) atoms. The fraction of sp³-hybridized carbons (Fsp3) is 0.583. The molecule has 3 nitrogen and oxygen atoms in total. The lowest BCUT2D eigenvalue weighted by Gasteiger charge is -2.20. The summed E-state index contributed by atoms with van der Waals surface area (Å²) in [6.45, 7) is 12.9. The minimum atomic E-state index is -0.478. The highest BCUT2D eigenvalue weighted by atomic mass is 16.6. The number of hydrogen-bond acceptors (Lipinski definition) is 3. The van der Waals surface area contributed by atoms with Gasteiger partial charge in [0.1, 0.15) is 17.1 Å². The third kappa shape index (κ3) is 2.61. The van der Waals surface area contributed by atoms with Gasteiger partial charge in [0.25, 0.3) is 0 Å². The van der Waals surface area contributed by atoms with E-state index >= 15 is 0 Å². The Bertz CT molecular complexity index is 331. The van der Waals surface area contributed by atoms with E-state index in [1.165, 1.54) is 0 Å². The first-order valence-electron chi connectivity index (χ1n) is 5.03. The van der Waals surface area contributed by atoms with Gasteiger partial charge in [0.15, 0.2) is 0 Å². The zero-order chi connectivity index (χ0) is 11.8. The quantitative estimate of drug-likeness (QED) is 0.624. The lowest BCUT2D eigenvalue weighted by atomic mass is 10.0. The van der Waals surface area contributed by atoms with E-state index in [0.717, 1.165) is 0 Å². The Morgan fingerprint density at radius 3 is 2.33 bits per heavy atom. The molecule has 0 radical (unpaired) electrons. The van der Waals surface area contributed by atoms with E-state index < -0.39 is 5.60 Å². The van der Waals surface area contributed by atoms with Crippen molar-refractivity contribution < 1.29 is 14.3 Å². The van der Waals surface area contributed by atoms with Crippen LogP contribution in [0.3, 0.4) is 0 Å². The van der Waals surface area contributed by atoms with Crippen molar-refractivity contribution >= 4 is 5.97 Å². The summed E-state index contributed by atoms with van der Waals surface area (Å²) in [5.41, 5.74) is 0.100. The standard InChI is InChI=1S/C12H18O3/c1-7-8(2)14-9(3)10(7)11(13)15-12(4,5)6/h7H,2H2,1,3-6H3. The van der Waals surface area contributed by atoms with E-state index in [1.807, 2.05) is 27.7 Å². The number of carbonyl (C=O) groups is 1. The zero-order valence-electron chi connectivity index (χ0n) is 10.0. The summed E-state index contributed by atoms with van der Waals surface area (Å²) >= 11 is 0. The lowest BCUT2D eigenvalue weighted by Crippen LogP contribution is -2.26. The molecule has 0 aromatic rings. The summed E-state index contributed by atoms with van der Waals surface area (Å²) in [5, 5.41) is 0. The van der Waals surface area contributed by atoms with E-state index in [4.69, 9.17) is 9.47 Å². The lowest BCUT2D eigenvalue weighted by molar-refractivity contribution is -0.150. The number of carbonyl (C=O) groups excluding carboxylic acids is 1. The molecule has 3 heteroatoms. The number of allylic oxidation sites excluding steroid dienone is 2. The van der Waals surface area contributed by atoms with Gasteiger partial charge in [0, 0.05) is 5.92 Å². The fourth-order valence-electron chi connectivity index (χ4n) is 1.46. The van der Waals surface area contributed by atoms with Crippen LogP contribution in [0, 0.1) is 5.92 Å². The number of rotatable bonds is 1. The van der Waals surface area contributed by atoms with Crippen LogP contribution >= 0.6 is 0 Å². The van der Waals surface area contributed by atoms with E-state index in [0.29, 0.717) is 17.1 Å². The molecule has 0 aromatic heterocycles. The molecule has 0 aliphatic carbocycles. The number of hydrogen-bond donors (Lipinski definition) is 0. The second kappa shape index (κ2) is 3.72. The van der Waals surface area contributed by atoms with Gasteiger partial charge in [-0.2, -0.15) is 0 Å². The Morgan fingerprint density at radius 1 is 1.47 bits per heavy atom. The first-order valence-corrected chi connectivity index (χ1v) is 5.03. The van der Waals surface area contributed by atoms with Crippen LogP contribution < -0.4 is 0 Å². The average Bonchev–Trinajstić information content (AvgIpc) is 2.22. The third-order valence-electron chi connectivity index (χ3n) is 2.20. The molecule has 1 heterocycles. The van der Waals surface area contributed by atoms with Gasteiger partial charge < -0.3 is 9.47 Å². The smallest absolute Gasteiger partial charge is 0.338 e. The molecule has 1 atom stereocenters. The summed E-state index contributed by atoms with van der Waals surface area (Å²) in [5.74, 6) is 0.807. The van der Waals surface area contributed by atoms with E-state index in [2.05, 4.69) is 6.58 Å². The SMILES string of the molecule is C=C1OC(C)=C(C(=O)OC(C)(C)C)C1C. The summed E-state index contributed by atoms with van der Waals surface area (Å²) < 4.78 is 10.6. The molecule has 0 saturated heterocycles. The largest absolute Gasteiger partial charge is 0.466 e. The summed E-state index contributed by atoms with van der Waals surface area (Å²) in [6.07, 6.45) is 0. The first kappa shape index (κ1) is 11.8. The molecule has 0 N–H and O–H groups in total. The third-order valence-corrected chi connectivity index (χ3v) is 2.20. The van der Waals surface area contributed by atoms with Crippen LogP contribution in [-0.4, -0.2) is 11.6 Å². The molecule has 1 unspecified atom stereocenters. The van der Waals surface area contributed by atoms with Crippen molar-refractivity contribution in [1.82, 2.24) is 0 Å². The second-order valence-corrected chi connectivity index (χ2v) is 4.76. The van der Waals surface area contributed by atoms with Crippen molar-refractivity contribution in [3.05, 3.63) is 23.7 Å². The minimum absolute atomic E-state index is 0.0835. The first-order chi connectivity index (χ1) is 6.72. The highest BCUT2D eigenvalue weighted by molar-refractivity contribution is 5.91. The molecule has 0 spiro atoms. The fourth-order valence-corrected chi connectivity index (χ4v) is 1.46. The van der Waals surface area contributed by atoms with E-state index in [-0.39, 0.29) is 11.9 Å². The maximum atomic E-state index is 11.8. The van der Waals surface area contributed by atoms with Crippen molar-refractivity contribution in [3.63, 3.8) is 0 Å². The molecule has 1 aliphatic heterocycles. The molecule has 0 aromatic carbocycles. The Morgan fingerprint density at radius 2 is 2.00 bits per heavy atom.